The van der Waals surface area contributed by atoms with Crippen molar-refractivity contribution >= 4 is 6.03 Å². The maximum atomic E-state index is 10.5. The van der Waals surface area contributed by atoms with E-state index in [1.807, 2.05) is 0 Å². The van der Waals surface area contributed by atoms with Gasteiger partial charge in [-0.3, -0.25) is 0 Å². The van der Waals surface area contributed by atoms with E-state index >= 15 is 0 Å². The molecule has 0 aromatic carbocycles. The van der Waals surface area contributed by atoms with E-state index < -0.39 is 6.23 Å². The second-order valence-electron chi connectivity index (χ2n) is 2.57. The van der Waals surface area contributed by atoms with Gasteiger partial charge in [0, 0.05) is 12.0 Å². The van der Waals surface area contributed by atoms with E-state index in [2.05, 4.69) is 10.6 Å². The molecule has 1 saturated heterocycles. The highest BCUT2D eigenvalue weighted by Gasteiger charge is 2.47. The van der Waals surface area contributed by atoms with Crippen molar-refractivity contribution in [1.82, 2.24) is 10.6 Å². The van der Waals surface area contributed by atoms with Gasteiger partial charge in [0.2, 0.25) is 0 Å². The van der Waals surface area contributed by atoms with Crippen LogP contribution in [0.5, 0.6) is 0 Å². The lowest BCUT2D eigenvalue weighted by Crippen LogP contribution is -2.50. The first-order valence-electron chi connectivity index (χ1n) is 3.02. The van der Waals surface area contributed by atoms with E-state index in [1.165, 1.54) is 0 Å². The van der Waals surface area contributed by atoms with Gasteiger partial charge in [-0.2, -0.15) is 0 Å². The Morgan fingerprint density at radius 3 is 3.00 bits per heavy atom. The van der Waals surface area contributed by atoms with Crippen LogP contribution in [0.4, 0.5) is 4.79 Å². The van der Waals surface area contributed by atoms with E-state index in [4.69, 9.17) is 5.11 Å². The summed E-state index contributed by atoms with van der Waals surface area (Å²) in [5.74, 6) is 0.266. The Balaban J connectivity index is 2.07. The standard InChI is InChI=1S/C5H8N2O2/c8-4-2-1-3(2)6-5(9)7-4/h2-4,8H,1H2,(H2,6,7,9)/t2?,3-,4+/m0/s1. The summed E-state index contributed by atoms with van der Waals surface area (Å²) in [7, 11) is 0. The van der Waals surface area contributed by atoms with Crippen LogP contribution in [0.15, 0.2) is 0 Å². The predicted molar refractivity (Wildman–Crippen MR) is 29.6 cm³/mol. The number of hydrogen-bond donors (Lipinski definition) is 3. The molecule has 3 atom stereocenters. The molecule has 2 aliphatic rings. The zero-order chi connectivity index (χ0) is 6.43. The molecule has 0 spiro atoms. The second kappa shape index (κ2) is 1.39. The maximum Gasteiger partial charge on any atom is 0.317 e. The van der Waals surface area contributed by atoms with Gasteiger partial charge in [-0.05, 0) is 6.42 Å². The fourth-order valence-electron chi connectivity index (χ4n) is 1.18. The monoisotopic (exact) mass is 128 g/mol. The third kappa shape index (κ3) is 0.666. The third-order valence-electron chi connectivity index (χ3n) is 1.84. The minimum atomic E-state index is -0.608. The van der Waals surface area contributed by atoms with Gasteiger partial charge in [-0.15, -0.1) is 0 Å². The number of amides is 2. The minimum Gasteiger partial charge on any atom is -0.373 e. The van der Waals surface area contributed by atoms with E-state index in [0.29, 0.717) is 0 Å². The molecule has 1 aliphatic heterocycles. The van der Waals surface area contributed by atoms with Gasteiger partial charge < -0.3 is 15.7 Å². The first-order valence-corrected chi connectivity index (χ1v) is 3.02. The van der Waals surface area contributed by atoms with Gasteiger partial charge in [0.15, 0.2) is 0 Å². The lowest BCUT2D eigenvalue weighted by atomic mass is 10.3. The van der Waals surface area contributed by atoms with Crippen molar-refractivity contribution < 1.29 is 9.90 Å². The minimum absolute atomic E-state index is 0.244. The van der Waals surface area contributed by atoms with Crippen LogP contribution >= 0.6 is 0 Å². The largest absolute Gasteiger partial charge is 0.373 e. The average Bonchev–Trinajstić information content (AvgIpc) is 2.43. The molecule has 9 heavy (non-hydrogen) atoms. The van der Waals surface area contributed by atoms with Crippen molar-refractivity contribution in [2.24, 2.45) is 5.92 Å². The molecule has 0 radical (unpaired) electrons. The van der Waals surface area contributed by atoms with Gasteiger partial charge in [0.25, 0.3) is 0 Å². The number of aliphatic hydroxyl groups excluding tert-OH is 1. The molecular formula is C5H8N2O2. The fraction of sp³-hybridized carbons (Fsp3) is 0.800. The van der Waals surface area contributed by atoms with E-state index in [0.717, 1.165) is 6.42 Å². The molecule has 1 aliphatic carbocycles. The average molecular weight is 128 g/mol. The Hall–Kier alpha value is -0.770. The Kier molecular flexibility index (Phi) is 0.778. The lowest BCUT2D eigenvalue weighted by molar-refractivity contribution is 0.107. The molecule has 2 fully saturated rings. The van der Waals surface area contributed by atoms with Crippen molar-refractivity contribution in [2.45, 2.75) is 18.7 Å². The summed E-state index contributed by atoms with van der Waals surface area (Å²) in [6.45, 7) is 0. The molecule has 4 nitrogen and oxygen atoms in total. The molecule has 2 amide bonds. The van der Waals surface area contributed by atoms with Crippen LogP contribution in [-0.2, 0) is 0 Å². The smallest absolute Gasteiger partial charge is 0.317 e. The molecule has 0 aromatic rings. The number of carbonyl (C=O) groups excluding carboxylic acids is 1. The Morgan fingerprint density at radius 2 is 2.33 bits per heavy atom. The van der Waals surface area contributed by atoms with Crippen molar-refractivity contribution in [3.05, 3.63) is 0 Å². The predicted octanol–water partition coefficient (Wildman–Crippen LogP) is -0.994. The van der Waals surface area contributed by atoms with Crippen molar-refractivity contribution in [3.8, 4) is 0 Å². The van der Waals surface area contributed by atoms with Gasteiger partial charge in [0.05, 0.1) is 0 Å². The SMILES string of the molecule is O=C1N[C@H]2CC2[C@@H](O)N1. The van der Waals surface area contributed by atoms with Crippen LogP contribution in [-0.4, -0.2) is 23.4 Å². The topological polar surface area (TPSA) is 61.4 Å². The lowest BCUT2D eigenvalue weighted by Gasteiger charge is -2.18. The molecule has 4 heteroatoms. The van der Waals surface area contributed by atoms with Crippen molar-refractivity contribution in [3.63, 3.8) is 0 Å². The Labute approximate surface area is 52.2 Å². The van der Waals surface area contributed by atoms with Crippen LogP contribution in [0, 0.1) is 5.92 Å². The summed E-state index contributed by atoms with van der Waals surface area (Å²) < 4.78 is 0. The van der Waals surface area contributed by atoms with Gasteiger partial charge >= 0.3 is 6.03 Å². The molecule has 0 aromatic heterocycles. The molecular weight excluding hydrogens is 120 g/mol. The van der Waals surface area contributed by atoms with E-state index in [9.17, 15) is 4.79 Å². The zero-order valence-electron chi connectivity index (χ0n) is 4.79. The van der Waals surface area contributed by atoms with Crippen LogP contribution in [0.3, 0.4) is 0 Å². The van der Waals surface area contributed by atoms with E-state index in [1.54, 1.807) is 0 Å². The summed E-state index contributed by atoms with van der Waals surface area (Å²) in [5, 5.41) is 14.1. The van der Waals surface area contributed by atoms with Crippen LogP contribution < -0.4 is 10.6 Å². The molecule has 0 bridgehead atoms. The first-order chi connectivity index (χ1) is 4.27. The van der Waals surface area contributed by atoms with Gasteiger partial charge in [0.1, 0.15) is 6.23 Å². The quantitative estimate of drug-likeness (QED) is 0.392. The molecule has 1 saturated carbocycles. The zero-order valence-corrected chi connectivity index (χ0v) is 4.79. The van der Waals surface area contributed by atoms with Crippen molar-refractivity contribution in [1.29, 1.82) is 0 Å². The molecule has 2 rings (SSSR count). The normalized spacial score (nSPS) is 46.8. The van der Waals surface area contributed by atoms with Crippen LogP contribution in [0.2, 0.25) is 0 Å². The first kappa shape index (κ1) is 5.05. The second-order valence-corrected chi connectivity index (χ2v) is 2.57. The van der Waals surface area contributed by atoms with Gasteiger partial charge in [-0.1, -0.05) is 0 Å². The highest BCUT2D eigenvalue weighted by molar-refractivity contribution is 5.76. The highest BCUT2D eigenvalue weighted by Crippen LogP contribution is 2.34. The molecule has 50 valence electrons. The van der Waals surface area contributed by atoms with Crippen LogP contribution in [0.1, 0.15) is 6.42 Å². The number of urea groups is 1. The summed E-state index contributed by atoms with van der Waals surface area (Å²) in [5.41, 5.74) is 0. The molecule has 1 unspecified atom stereocenters. The number of rotatable bonds is 0. The third-order valence-corrected chi connectivity index (χ3v) is 1.84. The number of fused-ring (bicyclic) bond motifs is 1. The summed E-state index contributed by atoms with van der Waals surface area (Å²) in [6.07, 6.45) is 0.309. The Morgan fingerprint density at radius 1 is 1.56 bits per heavy atom. The fourth-order valence-corrected chi connectivity index (χ4v) is 1.18. The number of aliphatic hydroxyl groups is 1. The van der Waals surface area contributed by atoms with Crippen molar-refractivity contribution in [2.75, 3.05) is 0 Å². The number of nitrogens with one attached hydrogen (secondary N) is 2. The maximum absolute atomic E-state index is 10.5. The molecule has 3 N–H and O–H groups in total. The number of carbonyl (C=O) groups is 1. The summed E-state index contributed by atoms with van der Waals surface area (Å²) in [6, 6.07) is -0.00463. The number of hydrogen-bond acceptors (Lipinski definition) is 2. The van der Waals surface area contributed by atoms with Crippen LogP contribution in [0.25, 0.3) is 0 Å². The van der Waals surface area contributed by atoms with Gasteiger partial charge in [-0.25, -0.2) is 4.79 Å². The Bertz CT molecular complexity index is 159. The summed E-state index contributed by atoms with van der Waals surface area (Å²) >= 11 is 0. The highest BCUT2D eigenvalue weighted by atomic mass is 16.3. The molecule has 1 heterocycles. The summed E-state index contributed by atoms with van der Waals surface area (Å²) in [4.78, 5) is 10.5. The van der Waals surface area contributed by atoms with E-state index in [-0.39, 0.29) is 18.0 Å².